The third kappa shape index (κ3) is 5.44. The molecule has 0 spiro atoms. The molecular weight excluding hydrogens is 372 g/mol. The normalized spacial score (nSPS) is 10.8. The zero-order valence-corrected chi connectivity index (χ0v) is 16.5. The first kappa shape index (κ1) is 19.6. The van der Waals surface area contributed by atoms with Gasteiger partial charge in [0.15, 0.2) is 6.61 Å². The van der Waals surface area contributed by atoms with E-state index in [1.165, 1.54) is 0 Å². The van der Waals surface area contributed by atoms with Crippen LogP contribution in [0.2, 0.25) is 5.02 Å². The van der Waals surface area contributed by atoms with Gasteiger partial charge >= 0.3 is 0 Å². The van der Waals surface area contributed by atoms with Gasteiger partial charge in [0.05, 0.1) is 5.69 Å². The molecule has 3 aromatic rings. The number of hydrogen-bond donors (Lipinski definition) is 1. The maximum atomic E-state index is 12.0. The van der Waals surface area contributed by atoms with Crippen LogP contribution in [0.25, 0.3) is 0 Å². The number of rotatable bonds is 6. The molecule has 0 saturated carbocycles. The van der Waals surface area contributed by atoms with Crippen LogP contribution in [0.15, 0.2) is 71.7 Å². The number of amides is 1. The number of para-hydroxylation sites is 1. The molecule has 0 fully saturated rings. The Morgan fingerprint density at radius 3 is 2.50 bits per heavy atom. The molecule has 28 heavy (non-hydrogen) atoms. The Morgan fingerprint density at radius 2 is 1.79 bits per heavy atom. The standard InChI is InChI=1S/C23H21ClN2O2/c1-16-7-10-19(13-21(16)24)26-23(27)15-28-20-11-8-18(9-12-20)14-25-22-6-4-3-5-17(22)2/h3-14H,15H2,1-2H3,(H,26,27). The molecule has 0 heterocycles. The molecule has 3 aromatic carbocycles. The van der Waals surface area contributed by atoms with Crippen molar-refractivity contribution in [1.29, 1.82) is 0 Å². The number of carbonyl (C=O) groups excluding carboxylic acids is 1. The Kier molecular flexibility index (Phi) is 6.45. The minimum atomic E-state index is -0.245. The van der Waals surface area contributed by atoms with Crippen molar-refractivity contribution in [2.45, 2.75) is 13.8 Å². The lowest BCUT2D eigenvalue weighted by Gasteiger charge is -2.08. The summed E-state index contributed by atoms with van der Waals surface area (Å²) in [4.78, 5) is 16.5. The van der Waals surface area contributed by atoms with Crippen LogP contribution in [0, 0.1) is 13.8 Å². The first-order valence-corrected chi connectivity index (χ1v) is 9.27. The first-order valence-electron chi connectivity index (χ1n) is 8.90. The summed E-state index contributed by atoms with van der Waals surface area (Å²) in [6.07, 6.45) is 1.81. The molecule has 5 heteroatoms. The van der Waals surface area contributed by atoms with E-state index in [-0.39, 0.29) is 12.5 Å². The Bertz CT molecular complexity index is 998. The minimum Gasteiger partial charge on any atom is -0.484 e. The predicted molar refractivity (Wildman–Crippen MR) is 115 cm³/mol. The molecule has 142 valence electrons. The number of aliphatic imine (C=N–C) groups is 1. The van der Waals surface area contributed by atoms with Crippen molar-refractivity contribution < 1.29 is 9.53 Å². The summed E-state index contributed by atoms with van der Waals surface area (Å²) in [5.41, 5.74) is 4.62. The molecular formula is C23H21ClN2O2. The zero-order chi connectivity index (χ0) is 19.9. The van der Waals surface area contributed by atoms with E-state index in [1.807, 2.05) is 74.5 Å². The van der Waals surface area contributed by atoms with Gasteiger partial charge in [0.25, 0.3) is 5.91 Å². The number of nitrogens with one attached hydrogen (secondary N) is 1. The van der Waals surface area contributed by atoms with Crippen LogP contribution >= 0.6 is 11.6 Å². The number of hydrogen-bond acceptors (Lipinski definition) is 3. The van der Waals surface area contributed by atoms with Crippen LogP contribution in [-0.4, -0.2) is 18.7 Å². The highest BCUT2D eigenvalue weighted by molar-refractivity contribution is 6.31. The lowest BCUT2D eigenvalue weighted by Crippen LogP contribution is -2.20. The van der Waals surface area contributed by atoms with Gasteiger partial charge in [0.2, 0.25) is 0 Å². The van der Waals surface area contributed by atoms with Gasteiger partial charge in [0.1, 0.15) is 5.75 Å². The van der Waals surface area contributed by atoms with E-state index < -0.39 is 0 Å². The number of halogens is 1. The molecule has 0 aliphatic heterocycles. The summed E-state index contributed by atoms with van der Waals surface area (Å²) in [6.45, 7) is 3.85. The lowest BCUT2D eigenvalue weighted by atomic mass is 10.2. The Morgan fingerprint density at radius 1 is 1.04 bits per heavy atom. The molecule has 4 nitrogen and oxygen atoms in total. The van der Waals surface area contributed by atoms with Crippen LogP contribution in [-0.2, 0) is 4.79 Å². The summed E-state index contributed by atoms with van der Waals surface area (Å²) in [5, 5.41) is 3.38. The van der Waals surface area contributed by atoms with Crippen molar-refractivity contribution >= 4 is 35.1 Å². The largest absolute Gasteiger partial charge is 0.484 e. The topological polar surface area (TPSA) is 50.7 Å². The molecule has 0 atom stereocenters. The number of carbonyl (C=O) groups is 1. The number of benzene rings is 3. The van der Waals surface area contributed by atoms with Gasteiger partial charge < -0.3 is 10.1 Å². The van der Waals surface area contributed by atoms with Crippen molar-refractivity contribution in [3.63, 3.8) is 0 Å². The van der Waals surface area contributed by atoms with Gasteiger partial charge in [-0.05, 0) is 73.0 Å². The summed E-state index contributed by atoms with van der Waals surface area (Å²) in [6, 6.07) is 20.8. The van der Waals surface area contributed by atoms with Crippen molar-refractivity contribution in [2.24, 2.45) is 4.99 Å². The maximum absolute atomic E-state index is 12.0. The first-order chi connectivity index (χ1) is 13.5. The summed E-state index contributed by atoms with van der Waals surface area (Å²) >= 11 is 6.07. The lowest BCUT2D eigenvalue weighted by molar-refractivity contribution is -0.118. The second kappa shape index (κ2) is 9.20. The molecule has 0 saturated heterocycles. The second-order valence-electron chi connectivity index (χ2n) is 6.41. The van der Waals surface area contributed by atoms with Crippen LogP contribution < -0.4 is 10.1 Å². The van der Waals surface area contributed by atoms with E-state index in [2.05, 4.69) is 10.3 Å². The van der Waals surface area contributed by atoms with E-state index in [0.717, 1.165) is 22.4 Å². The quantitative estimate of drug-likeness (QED) is 0.545. The summed E-state index contributed by atoms with van der Waals surface area (Å²) < 4.78 is 5.54. The van der Waals surface area contributed by atoms with Crippen molar-refractivity contribution in [1.82, 2.24) is 0 Å². The third-order valence-electron chi connectivity index (χ3n) is 4.17. The third-order valence-corrected chi connectivity index (χ3v) is 4.58. The zero-order valence-electron chi connectivity index (χ0n) is 15.8. The van der Waals surface area contributed by atoms with E-state index in [0.29, 0.717) is 16.5 Å². The predicted octanol–water partition coefficient (Wildman–Crippen LogP) is 5.72. The van der Waals surface area contributed by atoms with Crippen molar-refractivity contribution in [2.75, 3.05) is 11.9 Å². The summed E-state index contributed by atoms with van der Waals surface area (Å²) in [7, 11) is 0. The molecule has 0 aromatic heterocycles. The minimum absolute atomic E-state index is 0.0812. The van der Waals surface area contributed by atoms with Crippen LogP contribution in [0.5, 0.6) is 5.75 Å². The molecule has 3 rings (SSSR count). The number of ether oxygens (including phenoxy) is 1. The fourth-order valence-electron chi connectivity index (χ4n) is 2.52. The Balaban J connectivity index is 1.53. The fourth-order valence-corrected chi connectivity index (χ4v) is 2.70. The maximum Gasteiger partial charge on any atom is 0.262 e. The highest BCUT2D eigenvalue weighted by Crippen LogP contribution is 2.20. The van der Waals surface area contributed by atoms with E-state index in [1.54, 1.807) is 12.3 Å². The average Bonchev–Trinajstić information content (AvgIpc) is 2.69. The molecule has 0 bridgehead atoms. The second-order valence-corrected chi connectivity index (χ2v) is 6.82. The monoisotopic (exact) mass is 392 g/mol. The number of aryl methyl sites for hydroxylation is 2. The molecule has 0 radical (unpaired) electrons. The van der Waals surface area contributed by atoms with Gasteiger partial charge in [-0.3, -0.25) is 9.79 Å². The average molecular weight is 393 g/mol. The molecule has 0 unspecified atom stereocenters. The highest BCUT2D eigenvalue weighted by atomic mass is 35.5. The number of nitrogens with zero attached hydrogens (tertiary/aromatic N) is 1. The molecule has 1 N–H and O–H groups in total. The smallest absolute Gasteiger partial charge is 0.262 e. The number of anilines is 1. The van der Waals surface area contributed by atoms with Gasteiger partial charge in [-0.15, -0.1) is 0 Å². The SMILES string of the molecule is Cc1ccc(NC(=O)COc2ccc(C=Nc3ccccc3C)cc2)cc1Cl. The van der Waals surface area contributed by atoms with E-state index in [4.69, 9.17) is 16.3 Å². The summed E-state index contributed by atoms with van der Waals surface area (Å²) in [5.74, 6) is 0.371. The molecule has 0 aliphatic rings. The fraction of sp³-hybridized carbons (Fsp3) is 0.130. The van der Waals surface area contributed by atoms with E-state index >= 15 is 0 Å². The Labute approximate surface area is 169 Å². The van der Waals surface area contributed by atoms with Crippen molar-refractivity contribution in [3.05, 3.63) is 88.4 Å². The highest BCUT2D eigenvalue weighted by Gasteiger charge is 2.05. The van der Waals surface area contributed by atoms with E-state index in [9.17, 15) is 4.79 Å². The van der Waals surface area contributed by atoms with Gasteiger partial charge in [-0.2, -0.15) is 0 Å². The van der Waals surface area contributed by atoms with Gasteiger partial charge in [0, 0.05) is 16.9 Å². The van der Waals surface area contributed by atoms with Crippen LogP contribution in [0.3, 0.4) is 0 Å². The van der Waals surface area contributed by atoms with Gasteiger partial charge in [-0.25, -0.2) is 0 Å². The van der Waals surface area contributed by atoms with Crippen molar-refractivity contribution in [3.8, 4) is 5.75 Å². The molecule has 1 amide bonds. The van der Waals surface area contributed by atoms with Crippen LogP contribution in [0.1, 0.15) is 16.7 Å². The van der Waals surface area contributed by atoms with Crippen LogP contribution in [0.4, 0.5) is 11.4 Å². The molecule has 0 aliphatic carbocycles. The Hall–Kier alpha value is -3.11. The van der Waals surface area contributed by atoms with Gasteiger partial charge in [-0.1, -0.05) is 35.9 Å².